The van der Waals surface area contributed by atoms with Gasteiger partial charge in [0.15, 0.2) is 11.5 Å². The molecule has 1 atom stereocenters. The number of carbonyl (C=O) groups is 2. The second-order valence-corrected chi connectivity index (χ2v) is 7.01. The van der Waals surface area contributed by atoms with Gasteiger partial charge in [-0.3, -0.25) is 9.59 Å². The number of methoxy groups -OCH3 is 2. The molecular formula is C22H26N2O4. The van der Waals surface area contributed by atoms with E-state index in [9.17, 15) is 9.59 Å². The van der Waals surface area contributed by atoms with E-state index in [2.05, 4.69) is 0 Å². The van der Waals surface area contributed by atoms with Crippen LogP contribution in [0.4, 0.5) is 5.69 Å². The van der Waals surface area contributed by atoms with Gasteiger partial charge in [-0.1, -0.05) is 24.3 Å². The number of fused-ring (bicyclic) bond motifs is 1. The van der Waals surface area contributed by atoms with Gasteiger partial charge < -0.3 is 19.3 Å². The number of carbonyl (C=O) groups excluding carboxylic acids is 2. The van der Waals surface area contributed by atoms with E-state index in [1.54, 1.807) is 30.1 Å². The summed E-state index contributed by atoms with van der Waals surface area (Å²) >= 11 is 0. The van der Waals surface area contributed by atoms with E-state index in [0.29, 0.717) is 18.0 Å². The fourth-order valence-electron chi connectivity index (χ4n) is 3.66. The number of nitrogens with zero attached hydrogens (tertiary/aromatic N) is 2. The number of hydrogen-bond acceptors (Lipinski definition) is 4. The maximum atomic E-state index is 13.0. The minimum Gasteiger partial charge on any atom is -0.493 e. The highest BCUT2D eigenvalue weighted by Crippen LogP contribution is 2.32. The molecule has 1 aliphatic heterocycles. The molecule has 0 saturated heterocycles. The molecule has 2 aromatic rings. The molecule has 0 bridgehead atoms. The number of amides is 2. The molecule has 1 unspecified atom stereocenters. The summed E-state index contributed by atoms with van der Waals surface area (Å²) in [6.45, 7) is 3.87. The number of anilines is 1. The topological polar surface area (TPSA) is 59.1 Å². The van der Waals surface area contributed by atoms with Crippen LogP contribution in [0.5, 0.6) is 11.5 Å². The van der Waals surface area contributed by atoms with Gasteiger partial charge in [-0.05, 0) is 42.7 Å². The lowest BCUT2D eigenvalue weighted by molar-refractivity contribution is -0.134. The van der Waals surface area contributed by atoms with E-state index < -0.39 is 0 Å². The van der Waals surface area contributed by atoms with Crippen LogP contribution in [-0.4, -0.2) is 43.5 Å². The number of rotatable bonds is 6. The average molecular weight is 382 g/mol. The zero-order valence-corrected chi connectivity index (χ0v) is 16.8. The largest absolute Gasteiger partial charge is 0.493 e. The molecule has 0 aliphatic carbocycles. The zero-order chi connectivity index (χ0) is 20.3. The maximum Gasteiger partial charge on any atom is 0.246 e. The van der Waals surface area contributed by atoms with E-state index in [1.807, 2.05) is 43.3 Å². The van der Waals surface area contributed by atoms with Crippen molar-refractivity contribution >= 4 is 17.5 Å². The fourth-order valence-corrected chi connectivity index (χ4v) is 3.66. The summed E-state index contributed by atoms with van der Waals surface area (Å²) in [6.07, 6.45) is 0.831. The monoisotopic (exact) mass is 382 g/mol. The van der Waals surface area contributed by atoms with Crippen molar-refractivity contribution in [1.29, 1.82) is 0 Å². The van der Waals surface area contributed by atoms with Crippen LogP contribution in [0.25, 0.3) is 0 Å². The van der Waals surface area contributed by atoms with Crippen LogP contribution >= 0.6 is 0 Å². The van der Waals surface area contributed by atoms with Crippen LogP contribution in [0.3, 0.4) is 0 Å². The first-order valence-electron chi connectivity index (χ1n) is 9.31. The summed E-state index contributed by atoms with van der Waals surface area (Å²) < 4.78 is 10.6. The van der Waals surface area contributed by atoms with Gasteiger partial charge in [-0.2, -0.15) is 0 Å². The quantitative estimate of drug-likeness (QED) is 0.771. The maximum absolute atomic E-state index is 13.0. The molecule has 0 N–H and O–H groups in total. The first kappa shape index (κ1) is 19.7. The summed E-state index contributed by atoms with van der Waals surface area (Å²) in [6, 6.07) is 13.5. The SMILES string of the molecule is COc1ccc(CN(CC(=O)N2c3ccccc3CC2C)C(C)=O)cc1OC. The summed E-state index contributed by atoms with van der Waals surface area (Å²) in [4.78, 5) is 28.6. The number of ether oxygens (including phenoxy) is 2. The van der Waals surface area contributed by atoms with Crippen LogP contribution in [0, 0.1) is 0 Å². The van der Waals surface area contributed by atoms with Crippen molar-refractivity contribution in [2.24, 2.45) is 0 Å². The third-order valence-electron chi connectivity index (χ3n) is 5.07. The smallest absolute Gasteiger partial charge is 0.246 e. The van der Waals surface area contributed by atoms with Crippen molar-refractivity contribution in [3.8, 4) is 11.5 Å². The Bertz CT molecular complexity index is 881. The van der Waals surface area contributed by atoms with E-state index >= 15 is 0 Å². The Labute approximate surface area is 165 Å². The second-order valence-electron chi connectivity index (χ2n) is 7.01. The molecule has 0 aromatic heterocycles. The van der Waals surface area contributed by atoms with Gasteiger partial charge in [0, 0.05) is 25.2 Å². The molecule has 6 nitrogen and oxygen atoms in total. The van der Waals surface area contributed by atoms with E-state index in [0.717, 1.165) is 23.2 Å². The van der Waals surface area contributed by atoms with Crippen molar-refractivity contribution in [1.82, 2.24) is 4.90 Å². The standard InChI is InChI=1S/C22H26N2O4/c1-15-11-18-7-5-6-8-19(18)24(15)22(26)14-23(16(2)25)13-17-9-10-20(27-3)21(12-17)28-4/h5-10,12,15H,11,13-14H2,1-4H3. The normalized spacial score (nSPS) is 15.1. The molecule has 0 saturated carbocycles. The van der Waals surface area contributed by atoms with Gasteiger partial charge in [-0.15, -0.1) is 0 Å². The molecule has 28 heavy (non-hydrogen) atoms. The van der Waals surface area contributed by atoms with Gasteiger partial charge in [0.1, 0.15) is 6.54 Å². The third-order valence-corrected chi connectivity index (χ3v) is 5.07. The highest BCUT2D eigenvalue weighted by atomic mass is 16.5. The van der Waals surface area contributed by atoms with E-state index in [4.69, 9.17) is 9.47 Å². The molecular weight excluding hydrogens is 356 g/mol. The predicted octanol–water partition coefficient (Wildman–Crippen LogP) is 3.03. The number of benzene rings is 2. The molecule has 0 spiro atoms. The Morgan fingerprint density at radius 2 is 1.82 bits per heavy atom. The summed E-state index contributed by atoms with van der Waals surface area (Å²) in [7, 11) is 3.15. The predicted molar refractivity (Wildman–Crippen MR) is 108 cm³/mol. The molecule has 6 heteroatoms. The number of para-hydroxylation sites is 1. The minimum atomic E-state index is -0.150. The highest BCUT2D eigenvalue weighted by molar-refractivity contribution is 5.98. The molecule has 148 valence electrons. The molecule has 1 aliphatic rings. The van der Waals surface area contributed by atoms with Gasteiger partial charge in [0.2, 0.25) is 11.8 Å². The Kier molecular flexibility index (Phi) is 5.87. The van der Waals surface area contributed by atoms with Gasteiger partial charge in [0.05, 0.1) is 14.2 Å². The lowest BCUT2D eigenvalue weighted by atomic mass is 10.1. The second kappa shape index (κ2) is 8.33. The minimum absolute atomic E-state index is 0.0301. The van der Waals surface area contributed by atoms with E-state index in [-0.39, 0.29) is 24.4 Å². The third kappa shape index (κ3) is 3.96. The Balaban J connectivity index is 1.77. The first-order valence-corrected chi connectivity index (χ1v) is 9.31. The van der Waals surface area contributed by atoms with Crippen molar-refractivity contribution < 1.29 is 19.1 Å². The molecule has 1 heterocycles. The highest BCUT2D eigenvalue weighted by Gasteiger charge is 2.31. The van der Waals surface area contributed by atoms with Crippen LogP contribution in [0.15, 0.2) is 42.5 Å². The summed E-state index contributed by atoms with van der Waals surface area (Å²) in [5.74, 6) is 0.993. The first-order chi connectivity index (χ1) is 13.4. The van der Waals surface area contributed by atoms with Crippen molar-refractivity contribution in [2.75, 3.05) is 25.7 Å². The van der Waals surface area contributed by atoms with Crippen molar-refractivity contribution in [2.45, 2.75) is 32.9 Å². The van der Waals surface area contributed by atoms with E-state index in [1.165, 1.54) is 6.92 Å². The molecule has 2 aromatic carbocycles. The van der Waals surface area contributed by atoms with Crippen LogP contribution < -0.4 is 14.4 Å². The Hall–Kier alpha value is -3.02. The summed E-state index contributed by atoms with van der Waals surface area (Å²) in [5.41, 5.74) is 2.97. The Morgan fingerprint density at radius 3 is 2.50 bits per heavy atom. The van der Waals surface area contributed by atoms with Crippen LogP contribution in [-0.2, 0) is 22.6 Å². The average Bonchev–Trinajstić information content (AvgIpc) is 3.02. The lowest BCUT2D eigenvalue weighted by Crippen LogP contribution is -2.44. The lowest BCUT2D eigenvalue weighted by Gasteiger charge is -2.27. The van der Waals surface area contributed by atoms with Gasteiger partial charge in [0.25, 0.3) is 0 Å². The molecule has 3 rings (SSSR count). The Morgan fingerprint density at radius 1 is 1.11 bits per heavy atom. The van der Waals surface area contributed by atoms with Gasteiger partial charge in [-0.25, -0.2) is 0 Å². The summed E-state index contributed by atoms with van der Waals surface area (Å²) in [5, 5.41) is 0. The molecule has 0 radical (unpaired) electrons. The molecule has 0 fully saturated rings. The fraction of sp³-hybridized carbons (Fsp3) is 0.364. The zero-order valence-electron chi connectivity index (χ0n) is 16.8. The van der Waals surface area contributed by atoms with Crippen LogP contribution in [0.2, 0.25) is 0 Å². The van der Waals surface area contributed by atoms with Gasteiger partial charge >= 0.3 is 0 Å². The van der Waals surface area contributed by atoms with Crippen molar-refractivity contribution in [3.05, 3.63) is 53.6 Å². The molecule has 2 amide bonds. The number of hydrogen-bond donors (Lipinski definition) is 0. The van der Waals surface area contributed by atoms with Crippen molar-refractivity contribution in [3.63, 3.8) is 0 Å². The van der Waals surface area contributed by atoms with Crippen LogP contribution in [0.1, 0.15) is 25.0 Å².